The van der Waals surface area contributed by atoms with Gasteiger partial charge < -0.3 is 20.4 Å². The number of alkyl carbamates (subject to hydrolysis) is 1. The normalized spacial score (nSPS) is 11.5. The molecule has 0 saturated heterocycles. The number of carbonyl (C=O) groups excluding carboxylic acids is 2. The minimum absolute atomic E-state index is 0.0333. The molecule has 3 aromatic rings. The number of aromatic amines is 1. The lowest BCUT2D eigenvalue weighted by Gasteiger charge is -2.19. The number of pyridine rings is 1. The fourth-order valence-corrected chi connectivity index (χ4v) is 3.80. The first-order valence-electron chi connectivity index (χ1n) is 11.5. The summed E-state index contributed by atoms with van der Waals surface area (Å²) in [5, 5.41) is 6.88. The Labute approximate surface area is 193 Å². The topological polar surface area (TPSA) is 100 Å². The zero-order chi connectivity index (χ0) is 23.8. The summed E-state index contributed by atoms with van der Waals surface area (Å²) < 4.78 is 5.14. The first kappa shape index (κ1) is 24.3. The van der Waals surface area contributed by atoms with Crippen molar-refractivity contribution in [1.29, 1.82) is 0 Å². The van der Waals surface area contributed by atoms with E-state index in [2.05, 4.69) is 15.6 Å². The maximum absolute atomic E-state index is 13.0. The number of hydrogen-bond acceptors (Lipinski definition) is 4. The van der Waals surface area contributed by atoms with Crippen LogP contribution in [0, 0.1) is 0 Å². The van der Waals surface area contributed by atoms with Crippen molar-refractivity contribution in [2.75, 3.05) is 13.1 Å². The highest BCUT2D eigenvalue weighted by atomic mass is 16.6. The number of hydrogen-bond donors (Lipinski definition) is 3. The van der Waals surface area contributed by atoms with Crippen molar-refractivity contribution in [2.45, 2.75) is 58.5 Å². The second-order valence-electron chi connectivity index (χ2n) is 9.18. The zero-order valence-corrected chi connectivity index (χ0v) is 19.6. The predicted octanol–water partition coefficient (Wildman–Crippen LogP) is 4.43. The van der Waals surface area contributed by atoms with Gasteiger partial charge in [0.05, 0.1) is 5.52 Å². The summed E-state index contributed by atoms with van der Waals surface area (Å²) in [6.07, 6.45) is 3.31. The van der Waals surface area contributed by atoms with E-state index >= 15 is 0 Å². The minimum atomic E-state index is -0.541. The third kappa shape index (κ3) is 7.07. The van der Waals surface area contributed by atoms with Gasteiger partial charge in [0.2, 0.25) is 5.91 Å². The van der Waals surface area contributed by atoms with E-state index in [-0.39, 0.29) is 11.3 Å². The van der Waals surface area contributed by atoms with E-state index in [0.717, 1.165) is 47.7 Å². The smallest absolute Gasteiger partial charge is 0.407 e. The molecule has 0 unspecified atom stereocenters. The highest BCUT2D eigenvalue weighted by Crippen LogP contribution is 2.20. The van der Waals surface area contributed by atoms with Gasteiger partial charge in [0.25, 0.3) is 0 Å². The maximum atomic E-state index is 13.0. The average molecular weight is 452 g/mol. The van der Waals surface area contributed by atoms with Gasteiger partial charge in [-0.3, -0.25) is 9.59 Å². The van der Waals surface area contributed by atoms with E-state index in [1.807, 2.05) is 42.5 Å². The molecular formula is C26H33N3O4. The van der Waals surface area contributed by atoms with Gasteiger partial charge in [-0.2, -0.15) is 0 Å². The fourth-order valence-electron chi connectivity index (χ4n) is 3.80. The van der Waals surface area contributed by atoms with Crippen LogP contribution in [0.15, 0.2) is 47.3 Å². The van der Waals surface area contributed by atoms with E-state index < -0.39 is 11.7 Å². The van der Waals surface area contributed by atoms with Crippen molar-refractivity contribution in [1.82, 2.24) is 15.6 Å². The second kappa shape index (κ2) is 11.0. The van der Waals surface area contributed by atoms with E-state index in [0.29, 0.717) is 24.9 Å². The number of benzene rings is 2. The number of H-pyrrole nitrogens is 1. The van der Waals surface area contributed by atoms with Crippen LogP contribution in [0.2, 0.25) is 0 Å². The van der Waals surface area contributed by atoms with Crippen molar-refractivity contribution in [3.63, 3.8) is 0 Å². The van der Waals surface area contributed by atoms with E-state index in [1.54, 1.807) is 20.8 Å². The summed E-state index contributed by atoms with van der Waals surface area (Å²) in [6.45, 7) is 6.09. The van der Waals surface area contributed by atoms with Gasteiger partial charge in [0.15, 0.2) is 5.43 Å². The summed E-state index contributed by atoms with van der Waals surface area (Å²) in [5.41, 5.74) is 2.27. The van der Waals surface area contributed by atoms with Gasteiger partial charge >= 0.3 is 6.09 Å². The molecule has 7 nitrogen and oxygen atoms in total. The second-order valence-corrected chi connectivity index (χ2v) is 9.18. The third-order valence-corrected chi connectivity index (χ3v) is 5.28. The number of aryl methyl sites for hydroxylation is 1. The summed E-state index contributed by atoms with van der Waals surface area (Å²) in [4.78, 5) is 39.9. The Balaban J connectivity index is 1.41. The molecule has 33 heavy (non-hydrogen) atoms. The number of aromatic nitrogens is 1. The van der Waals surface area contributed by atoms with Crippen LogP contribution in [0.5, 0.6) is 0 Å². The molecule has 0 aliphatic rings. The van der Waals surface area contributed by atoms with Gasteiger partial charge in [-0.1, -0.05) is 30.7 Å². The van der Waals surface area contributed by atoms with Gasteiger partial charge in [0.1, 0.15) is 5.60 Å². The van der Waals surface area contributed by atoms with Crippen molar-refractivity contribution in [3.05, 3.63) is 58.3 Å². The number of unbranched alkanes of at least 4 members (excludes halogenated alkanes) is 2. The van der Waals surface area contributed by atoms with Gasteiger partial charge in [0, 0.05) is 35.8 Å². The quantitative estimate of drug-likeness (QED) is 0.331. The monoisotopic (exact) mass is 451 g/mol. The summed E-state index contributed by atoms with van der Waals surface area (Å²) in [5.74, 6) is -0.0333. The standard InChI is InChI=1S/C26H33N3O4/c1-26(2,3)33-25(32)28-17-16-27-22(30)15-6-4-5-10-18-11-9-14-21-23(18)24(31)19-12-7-8-13-20(19)29-21/h7-9,11-14H,4-6,10,15-17H2,1-3H3,(H,27,30)(H,28,32)(H,29,31). The van der Waals surface area contributed by atoms with Crippen LogP contribution in [0.3, 0.4) is 0 Å². The highest BCUT2D eigenvalue weighted by Gasteiger charge is 2.15. The Bertz CT molecular complexity index is 1180. The number of nitrogens with one attached hydrogen (secondary N) is 3. The summed E-state index contributed by atoms with van der Waals surface area (Å²) in [6, 6.07) is 13.5. The number of amides is 2. The largest absolute Gasteiger partial charge is 0.444 e. The Morgan fingerprint density at radius 2 is 1.64 bits per heavy atom. The van der Waals surface area contributed by atoms with Crippen molar-refractivity contribution >= 4 is 33.8 Å². The van der Waals surface area contributed by atoms with Crippen LogP contribution in [0.1, 0.15) is 52.0 Å². The van der Waals surface area contributed by atoms with Crippen LogP contribution in [0.4, 0.5) is 4.79 Å². The van der Waals surface area contributed by atoms with E-state index in [9.17, 15) is 14.4 Å². The Morgan fingerprint density at radius 3 is 2.42 bits per heavy atom. The summed E-state index contributed by atoms with van der Waals surface area (Å²) in [7, 11) is 0. The maximum Gasteiger partial charge on any atom is 0.407 e. The van der Waals surface area contributed by atoms with Crippen molar-refractivity contribution < 1.29 is 14.3 Å². The molecule has 1 heterocycles. The van der Waals surface area contributed by atoms with Crippen molar-refractivity contribution in [3.8, 4) is 0 Å². The predicted molar refractivity (Wildman–Crippen MR) is 131 cm³/mol. The lowest BCUT2D eigenvalue weighted by molar-refractivity contribution is -0.121. The molecule has 2 amide bonds. The summed E-state index contributed by atoms with van der Waals surface area (Å²) >= 11 is 0. The SMILES string of the molecule is CC(C)(C)OC(=O)NCCNC(=O)CCCCCc1cccc2[nH]c3ccccc3c(=O)c12. The molecule has 2 aromatic carbocycles. The van der Waals surface area contributed by atoms with Crippen LogP contribution in [-0.2, 0) is 16.0 Å². The van der Waals surface area contributed by atoms with Gasteiger partial charge in [-0.15, -0.1) is 0 Å². The van der Waals surface area contributed by atoms with Crippen molar-refractivity contribution in [2.24, 2.45) is 0 Å². The molecule has 0 atom stereocenters. The number of rotatable bonds is 9. The first-order valence-corrected chi connectivity index (χ1v) is 11.5. The van der Waals surface area contributed by atoms with E-state index in [1.165, 1.54) is 0 Å². The minimum Gasteiger partial charge on any atom is -0.444 e. The van der Waals surface area contributed by atoms with Crippen LogP contribution in [0.25, 0.3) is 21.8 Å². The molecule has 0 fully saturated rings. The lowest BCUT2D eigenvalue weighted by Crippen LogP contribution is -2.37. The molecule has 0 aliphatic carbocycles. The Morgan fingerprint density at radius 1 is 0.909 bits per heavy atom. The molecule has 1 aromatic heterocycles. The molecule has 3 N–H and O–H groups in total. The molecule has 0 aliphatic heterocycles. The highest BCUT2D eigenvalue weighted by molar-refractivity contribution is 5.94. The third-order valence-electron chi connectivity index (χ3n) is 5.28. The van der Waals surface area contributed by atoms with Gasteiger partial charge in [-0.05, 0) is 63.8 Å². The van der Waals surface area contributed by atoms with Crippen LogP contribution in [-0.4, -0.2) is 35.7 Å². The lowest BCUT2D eigenvalue weighted by atomic mass is 10.00. The number of carbonyl (C=O) groups is 2. The van der Waals surface area contributed by atoms with E-state index in [4.69, 9.17) is 4.74 Å². The Hall–Kier alpha value is -3.35. The number of ether oxygens (including phenoxy) is 1. The number of para-hydroxylation sites is 1. The first-order chi connectivity index (χ1) is 15.7. The molecular weight excluding hydrogens is 418 g/mol. The molecule has 176 valence electrons. The molecule has 0 radical (unpaired) electrons. The molecule has 0 bridgehead atoms. The molecule has 3 rings (SSSR count). The number of fused-ring (bicyclic) bond motifs is 2. The molecule has 0 spiro atoms. The average Bonchev–Trinajstić information content (AvgIpc) is 2.75. The van der Waals surface area contributed by atoms with Crippen LogP contribution >= 0.6 is 0 Å². The molecule has 0 saturated carbocycles. The Kier molecular flexibility index (Phi) is 8.09. The van der Waals surface area contributed by atoms with Gasteiger partial charge in [-0.25, -0.2) is 4.79 Å². The zero-order valence-electron chi connectivity index (χ0n) is 19.6. The van der Waals surface area contributed by atoms with Crippen LogP contribution < -0.4 is 16.1 Å². The molecule has 7 heteroatoms. The fraction of sp³-hybridized carbons (Fsp3) is 0.423.